The lowest BCUT2D eigenvalue weighted by molar-refractivity contribution is -0.122. The topological polar surface area (TPSA) is 79.6 Å². The van der Waals surface area contributed by atoms with Crippen molar-refractivity contribution >= 4 is 34.9 Å². The summed E-state index contributed by atoms with van der Waals surface area (Å²) in [7, 11) is 0. The number of para-hydroxylation sites is 1. The molecule has 0 aliphatic carbocycles. The average molecular weight is 442 g/mol. The van der Waals surface area contributed by atoms with Gasteiger partial charge in [0.15, 0.2) is 11.5 Å². The Labute approximate surface area is 188 Å². The Bertz CT molecular complexity index is 1360. The zero-order valence-electron chi connectivity index (χ0n) is 17.6. The first-order chi connectivity index (χ1) is 15.9. The number of rotatable bonds is 3. The summed E-state index contributed by atoms with van der Waals surface area (Å²) < 4.78 is 19.4. The standard InChI is InChI=1S/C26H19FN2O4/c1-14(30)23-22(24(31)20-7-4-12-33-20)26(17-5-2-3-6-18(17)28-25(26)32)21-11-8-15-13-16(27)9-10-19(15)29(21)23/h2-13,21-23H,1H3,(H,28,32)/t21-,22-,23-,26+/m1/s1. The Kier molecular flexibility index (Phi) is 4.02. The van der Waals surface area contributed by atoms with E-state index in [1.54, 1.807) is 36.4 Å². The van der Waals surface area contributed by atoms with Gasteiger partial charge in [0.05, 0.1) is 24.3 Å². The number of anilines is 2. The summed E-state index contributed by atoms with van der Waals surface area (Å²) in [4.78, 5) is 42.7. The number of fused-ring (bicyclic) bond motifs is 6. The zero-order chi connectivity index (χ0) is 22.9. The normalized spacial score (nSPS) is 26.7. The number of hydrogen-bond donors (Lipinski definition) is 1. The third-order valence-electron chi connectivity index (χ3n) is 7.06. The molecule has 0 radical (unpaired) electrons. The van der Waals surface area contributed by atoms with Gasteiger partial charge in [0, 0.05) is 16.9 Å². The molecule has 0 saturated carbocycles. The van der Waals surface area contributed by atoms with E-state index >= 15 is 0 Å². The molecule has 6 nitrogen and oxygen atoms in total. The Balaban J connectivity index is 1.67. The van der Waals surface area contributed by atoms with Crippen molar-refractivity contribution in [3.8, 4) is 0 Å². The molecule has 0 bridgehead atoms. The van der Waals surface area contributed by atoms with Gasteiger partial charge in [-0.3, -0.25) is 14.4 Å². The van der Waals surface area contributed by atoms with E-state index in [-0.39, 0.29) is 17.5 Å². The van der Waals surface area contributed by atoms with Crippen molar-refractivity contribution in [2.75, 3.05) is 10.2 Å². The van der Waals surface area contributed by atoms with Gasteiger partial charge in [-0.15, -0.1) is 0 Å². The molecular formula is C26H19FN2O4. The van der Waals surface area contributed by atoms with Crippen molar-refractivity contribution < 1.29 is 23.2 Å². The van der Waals surface area contributed by atoms with Crippen LogP contribution >= 0.6 is 0 Å². The van der Waals surface area contributed by atoms with Crippen LogP contribution in [0.2, 0.25) is 0 Å². The zero-order valence-corrected chi connectivity index (χ0v) is 17.6. The Hall–Kier alpha value is -4.00. The molecule has 3 aliphatic rings. The summed E-state index contributed by atoms with van der Waals surface area (Å²) in [5.41, 5.74) is 1.11. The molecule has 7 heteroatoms. The van der Waals surface area contributed by atoms with E-state index < -0.39 is 35.0 Å². The molecule has 1 amide bonds. The Morgan fingerprint density at radius 3 is 2.70 bits per heavy atom. The van der Waals surface area contributed by atoms with Gasteiger partial charge in [-0.05, 0) is 48.9 Å². The third-order valence-corrected chi connectivity index (χ3v) is 7.06. The summed E-state index contributed by atoms with van der Waals surface area (Å²) in [6.07, 6.45) is 4.95. The highest BCUT2D eigenvalue weighted by atomic mass is 19.1. The number of benzene rings is 2. The monoisotopic (exact) mass is 442 g/mol. The van der Waals surface area contributed by atoms with E-state index in [0.29, 0.717) is 22.5 Å². The molecule has 1 spiro atoms. The molecule has 1 saturated heterocycles. The molecule has 1 fully saturated rings. The van der Waals surface area contributed by atoms with E-state index in [1.807, 2.05) is 23.1 Å². The molecule has 4 heterocycles. The minimum Gasteiger partial charge on any atom is -0.461 e. The Morgan fingerprint density at radius 2 is 1.94 bits per heavy atom. The molecule has 1 aromatic heterocycles. The highest BCUT2D eigenvalue weighted by Crippen LogP contribution is 2.57. The maximum Gasteiger partial charge on any atom is 0.238 e. The van der Waals surface area contributed by atoms with Crippen LogP contribution < -0.4 is 10.2 Å². The first kappa shape index (κ1) is 19.7. The minimum atomic E-state index is -1.36. The molecule has 164 valence electrons. The third kappa shape index (κ3) is 2.44. The predicted molar refractivity (Wildman–Crippen MR) is 119 cm³/mol. The van der Waals surface area contributed by atoms with Crippen LogP contribution in [0.3, 0.4) is 0 Å². The van der Waals surface area contributed by atoms with Crippen molar-refractivity contribution in [1.82, 2.24) is 0 Å². The van der Waals surface area contributed by atoms with Crippen LogP contribution in [0.15, 0.2) is 71.4 Å². The van der Waals surface area contributed by atoms with E-state index in [0.717, 1.165) is 0 Å². The van der Waals surface area contributed by atoms with E-state index in [1.165, 1.54) is 25.3 Å². The fourth-order valence-electron chi connectivity index (χ4n) is 5.88. The second-order valence-electron chi connectivity index (χ2n) is 8.66. The van der Waals surface area contributed by atoms with Gasteiger partial charge in [-0.2, -0.15) is 0 Å². The van der Waals surface area contributed by atoms with Crippen molar-refractivity contribution in [1.29, 1.82) is 0 Å². The number of furan rings is 1. The van der Waals surface area contributed by atoms with Gasteiger partial charge in [0.2, 0.25) is 11.7 Å². The predicted octanol–water partition coefficient (Wildman–Crippen LogP) is 3.98. The molecule has 33 heavy (non-hydrogen) atoms. The number of carbonyl (C=O) groups is 3. The quantitative estimate of drug-likeness (QED) is 0.621. The molecule has 2 aromatic carbocycles. The largest absolute Gasteiger partial charge is 0.461 e. The summed E-state index contributed by atoms with van der Waals surface area (Å²) in [6.45, 7) is 1.42. The Morgan fingerprint density at radius 1 is 1.12 bits per heavy atom. The number of nitrogens with one attached hydrogen (secondary N) is 1. The molecule has 1 N–H and O–H groups in total. The van der Waals surface area contributed by atoms with E-state index in [2.05, 4.69) is 5.32 Å². The van der Waals surface area contributed by atoms with Crippen LogP contribution in [0.5, 0.6) is 0 Å². The highest BCUT2D eigenvalue weighted by Gasteiger charge is 2.70. The lowest BCUT2D eigenvalue weighted by Gasteiger charge is -2.37. The van der Waals surface area contributed by atoms with E-state index in [9.17, 15) is 18.8 Å². The SMILES string of the molecule is CC(=O)[C@@H]1[C@H](C(=O)c2ccco2)[C@@]2(C(=O)Nc3ccccc32)[C@H]2C=Cc3cc(F)ccc3N12. The molecule has 4 atom stereocenters. The summed E-state index contributed by atoms with van der Waals surface area (Å²) in [6, 6.07) is 13.1. The summed E-state index contributed by atoms with van der Waals surface area (Å²) in [5.74, 6) is -2.38. The van der Waals surface area contributed by atoms with Crippen LogP contribution in [0.1, 0.15) is 28.6 Å². The second kappa shape index (κ2) is 6.75. The van der Waals surface area contributed by atoms with Crippen LogP contribution in [0, 0.1) is 11.7 Å². The van der Waals surface area contributed by atoms with Gasteiger partial charge in [-0.1, -0.05) is 30.4 Å². The molecule has 6 rings (SSSR count). The number of Topliss-reactive ketones (excluding diaryl/α,β-unsaturated/α-hetero) is 2. The number of ketones is 2. The fourth-order valence-corrected chi connectivity index (χ4v) is 5.88. The van der Waals surface area contributed by atoms with Gasteiger partial charge < -0.3 is 14.6 Å². The van der Waals surface area contributed by atoms with Crippen LogP contribution in [0.4, 0.5) is 15.8 Å². The van der Waals surface area contributed by atoms with Gasteiger partial charge in [0.25, 0.3) is 0 Å². The maximum atomic E-state index is 14.0. The lowest BCUT2D eigenvalue weighted by Crippen LogP contribution is -2.51. The average Bonchev–Trinajstić information content (AvgIpc) is 3.50. The molecule has 3 aliphatic heterocycles. The van der Waals surface area contributed by atoms with Crippen LogP contribution in [0.25, 0.3) is 6.08 Å². The number of amides is 1. The van der Waals surface area contributed by atoms with Crippen molar-refractivity contribution in [2.24, 2.45) is 5.92 Å². The fraction of sp³-hybridized carbons (Fsp3) is 0.192. The van der Waals surface area contributed by atoms with Crippen molar-refractivity contribution in [2.45, 2.75) is 24.4 Å². The van der Waals surface area contributed by atoms with Gasteiger partial charge in [-0.25, -0.2) is 4.39 Å². The van der Waals surface area contributed by atoms with Crippen LogP contribution in [-0.2, 0) is 15.0 Å². The summed E-state index contributed by atoms with van der Waals surface area (Å²) >= 11 is 0. The van der Waals surface area contributed by atoms with Gasteiger partial charge in [0.1, 0.15) is 11.2 Å². The number of carbonyl (C=O) groups excluding carboxylic acids is 3. The molecular weight excluding hydrogens is 423 g/mol. The second-order valence-corrected chi connectivity index (χ2v) is 8.66. The first-order valence-corrected chi connectivity index (χ1v) is 10.7. The lowest BCUT2D eigenvalue weighted by atomic mass is 9.65. The van der Waals surface area contributed by atoms with E-state index in [4.69, 9.17) is 4.42 Å². The van der Waals surface area contributed by atoms with Crippen molar-refractivity contribution in [3.05, 3.63) is 89.6 Å². The number of halogens is 1. The van der Waals surface area contributed by atoms with Crippen LogP contribution in [-0.4, -0.2) is 29.6 Å². The minimum absolute atomic E-state index is 0.0889. The summed E-state index contributed by atoms with van der Waals surface area (Å²) in [5, 5.41) is 2.93. The first-order valence-electron chi connectivity index (χ1n) is 10.7. The van der Waals surface area contributed by atoms with Gasteiger partial charge >= 0.3 is 0 Å². The number of hydrogen-bond acceptors (Lipinski definition) is 5. The smallest absolute Gasteiger partial charge is 0.238 e. The molecule has 3 aromatic rings. The number of nitrogens with zero attached hydrogens (tertiary/aromatic N) is 1. The van der Waals surface area contributed by atoms with Crippen molar-refractivity contribution in [3.63, 3.8) is 0 Å². The maximum absolute atomic E-state index is 14.0. The molecule has 0 unspecified atom stereocenters. The highest BCUT2D eigenvalue weighted by molar-refractivity contribution is 6.16.